The largest absolute Gasteiger partial charge is 0.342 e. The van der Waals surface area contributed by atoms with E-state index in [2.05, 4.69) is 42.2 Å². The third-order valence-corrected chi connectivity index (χ3v) is 5.63. The molecule has 2 N–H and O–H groups in total. The van der Waals surface area contributed by atoms with E-state index >= 15 is 0 Å². The molecule has 1 aromatic carbocycles. The summed E-state index contributed by atoms with van der Waals surface area (Å²) in [7, 11) is 0. The zero-order valence-corrected chi connectivity index (χ0v) is 14.9. The number of benzene rings is 1. The highest BCUT2D eigenvalue weighted by Crippen LogP contribution is 2.35. The minimum atomic E-state index is -0.314. The molecule has 0 spiro atoms. The number of carbonyl (C=O) groups is 1. The second-order valence-electron chi connectivity index (χ2n) is 7.31. The molecular weight excluding hydrogens is 308 g/mol. The van der Waals surface area contributed by atoms with Crippen molar-refractivity contribution in [2.75, 3.05) is 13.1 Å². The Labute approximate surface area is 146 Å². The molecule has 3 nitrogen and oxygen atoms in total. The van der Waals surface area contributed by atoms with E-state index in [0.29, 0.717) is 11.8 Å². The lowest BCUT2D eigenvalue weighted by Crippen LogP contribution is -2.54. The molecule has 2 atom stereocenters. The fraction of sp³-hybridized carbons (Fsp3) is 0.632. The van der Waals surface area contributed by atoms with Crippen molar-refractivity contribution >= 4 is 18.3 Å². The minimum Gasteiger partial charge on any atom is -0.342 e. The van der Waals surface area contributed by atoms with Crippen molar-refractivity contribution in [1.29, 1.82) is 0 Å². The SMILES string of the molecule is CC1(N)CCCCC1C(=O)N1CCC(c2ccccc2)CC1.Cl. The fourth-order valence-corrected chi connectivity index (χ4v) is 4.14. The summed E-state index contributed by atoms with van der Waals surface area (Å²) < 4.78 is 0. The summed E-state index contributed by atoms with van der Waals surface area (Å²) in [6.07, 6.45) is 6.39. The molecule has 2 fully saturated rings. The van der Waals surface area contributed by atoms with Crippen LogP contribution < -0.4 is 5.73 Å². The first kappa shape index (κ1) is 18.3. The van der Waals surface area contributed by atoms with Crippen LogP contribution in [0.2, 0.25) is 0 Å². The number of amides is 1. The van der Waals surface area contributed by atoms with Crippen LogP contribution in [0.5, 0.6) is 0 Å². The molecule has 1 aliphatic carbocycles. The predicted molar refractivity (Wildman–Crippen MR) is 96.8 cm³/mol. The van der Waals surface area contributed by atoms with Crippen LogP contribution in [0, 0.1) is 5.92 Å². The molecule has 2 aliphatic rings. The number of halogens is 1. The Bertz CT molecular complexity index is 509. The Morgan fingerprint density at radius 1 is 1.13 bits per heavy atom. The second-order valence-corrected chi connectivity index (χ2v) is 7.31. The molecular formula is C19H29ClN2O. The van der Waals surface area contributed by atoms with E-state index in [0.717, 1.165) is 51.6 Å². The molecule has 0 aromatic heterocycles. The number of rotatable bonds is 2. The highest BCUT2D eigenvalue weighted by atomic mass is 35.5. The first-order valence-corrected chi connectivity index (χ1v) is 8.70. The molecule has 1 saturated heterocycles. The van der Waals surface area contributed by atoms with Gasteiger partial charge in [-0.3, -0.25) is 4.79 Å². The van der Waals surface area contributed by atoms with E-state index in [4.69, 9.17) is 5.73 Å². The lowest BCUT2D eigenvalue weighted by molar-refractivity contribution is -0.140. The fourth-order valence-electron chi connectivity index (χ4n) is 4.14. The highest BCUT2D eigenvalue weighted by molar-refractivity contribution is 5.85. The second kappa shape index (κ2) is 7.67. The van der Waals surface area contributed by atoms with Crippen molar-refractivity contribution < 1.29 is 4.79 Å². The Hall–Kier alpha value is -1.06. The monoisotopic (exact) mass is 336 g/mol. The Kier molecular flexibility index (Phi) is 6.10. The number of hydrogen-bond acceptors (Lipinski definition) is 2. The van der Waals surface area contributed by atoms with Gasteiger partial charge in [-0.1, -0.05) is 43.2 Å². The Morgan fingerprint density at radius 2 is 1.78 bits per heavy atom. The zero-order chi connectivity index (χ0) is 15.6. The van der Waals surface area contributed by atoms with Gasteiger partial charge in [-0.05, 0) is 44.1 Å². The number of nitrogens with zero attached hydrogens (tertiary/aromatic N) is 1. The molecule has 2 unspecified atom stereocenters. The maximum Gasteiger partial charge on any atom is 0.227 e. The van der Waals surface area contributed by atoms with E-state index in [1.165, 1.54) is 5.56 Å². The number of hydrogen-bond donors (Lipinski definition) is 1. The van der Waals surface area contributed by atoms with Gasteiger partial charge in [0.15, 0.2) is 0 Å². The molecule has 128 valence electrons. The van der Waals surface area contributed by atoms with E-state index in [-0.39, 0.29) is 23.9 Å². The van der Waals surface area contributed by atoms with Gasteiger partial charge in [0.1, 0.15) is 0 Å². The first-order valence-electron chi connectivity index (χ1n) is 8.70. The Balaban J connectivity index is 0.00000192. The average Bonchev–Trinajstić information content (AvgIpc) is 2.55. The highest BCUT2D eigenvalue weighted by Gasteiger charge is 2.40. The molecule has 0 bridgehead atoms. The third kappa shape index (κ3) is 4.07. The van der Waals surface area contributed by atoms with Gasteiger partial charge in [0.05, 0.1) is 5.92 Å². The zero-order valence-electron chi connectivity index (χ0n) is 14.0. The quantitative estimate of drug-likeness (QED) is 0.894. The van der Waals surface area contributed by atoms with Crippen molar-refractivity contribution in [1.82, 2.24) is 4.90 Å². The summed E-state index contributed by atoms with van der Waals surface area (Å²) in [6.45, 7) is 3.82. The van der Waals surface area contributed by atoms with E-state index in [9.17, 15) is 4.79 Å². The standard InChI is InChI=1S/C19H28N2O.ClH/c1-19(20)12-6-5-9-17(19)18(22)21-13-10-16(11-14-21)15-7-3-2-4-8-15;/h2-4,7-8,16-17H,5-6,9-14,20H2,1H3;1H. The molecule has 1 aromatic rings. The number of nitrogens with two attached hydrogens (primary N) is 1. The van der Waals surface area contributed by atoms with Crippen LogP contribution in [0.1, 0.15) is 56.9 Å². The maximum absolute atomic E-state index is 12.9. The summed E-state index contributed by atoms with van der Waals surface area (Å²) in [5.41, 5.74) is 7.50. The summed E-state index contributed by atoms with van der Waals surface area (Å²) >= 11 is 0. The average molecular weight is 337 g/mol. The summed E-state index contributed by atoms with van der Waals surface area (Å²) in [4.78, 5) is 14.9. The van der Waals surface area contributed by atoms with Crippen molar-refractivity contribution in [2.24, 2.45) is 11.7 Å². The summed E-state index contributed by atoms with van der Waals surface area (Å²) in [6, 6.07) is 10.7. The molecule has 1 saturated carbocycles. The Morgan fingerprint density at radius 3 is 2.39 bits per heavy atom. The van der Waals surface area contributed by atoms with Gasteiger partial charge in [0, 0.05) is 18.6 Å². The van der Waals surface area contributed by atoms with Crippen LogP contribution in [-0.2, 0) is 4.79 Å². The van der Waals surface area contributed by atoms with E-state index in [1.54, 1.807) is 0 Å². The van der Waals surface area contributed by atoms with Crippen molar-refractivity contribution in [3.63, 3.8) is 0 Å². The molecule has 1 amide bonds. The smallest absolute Gasteiger partial charge is 0.227 e. The number of piperidine rings is 1. The first-order chi connectivity index (χ1) is 10.6. The third-order valence-electron chi connectivity index (χ3n) is 5.63. The lowest BCUT2D eigenvalue weighted by atomic mass is 9.73. The maximum atomic E-state index is 12.9. The van der Waals surface area contributed by atoms with E-state index in [1.807, 2.05) is 0 Å². The van der Waals surface area contributed by atoms with Crippen LogP contribution >= 0.6 is 12.4 Å². The summed E-state index contributed by atoms with van der Waals surface area (Å²) in [5, 5.41) is 0. The van der Waals surface area contributed by atoms with Gasteiger partial charge >= 0.3 is 0 Å². The van der Waals surface area contributed by atoms with Gasteiger partial charge in [0.2, 0.25) is 5.91 Å². The van der Waals surface area contributed by atoms with Crippen LogP contribution in [0.4, 0.5) is 0 Å². The van der Waals surface area contributed by atoms with Crippen molar-refractivity contribution in [2.45, 2.75) is 56.9 Å². The number of carbonyl (C=O) groups excluding carboxylic acids is 1. The van der Waals surface area contributed by atoms with Crippen LogP contribution in [-0.4, -0.2) is 29.4 Å². The van der Waals surface area contributed by atoms with Gasteiger partial charge in [-0.25, -0.2) is 0 Å². The van der Waals surface area contributed by atoms with Gasteiger partial charge in [0.25, 0.3) is 0 Å². The normalized spacial score (nSPS) is 29.0. The molecule has 23 heavy (non-hydrogen) atoms. The molecule has 4 heteroatoms. The van der Waals surface area contributed by atoms with Gasteiger partial charge in [-0.15, -0.1) is 12.4 Å². The van der Waals surface area contributed by atoms with Crippen molar-refractivity contribution in [3.05, 3.63) is 35.9 Å². The van der Waals surface area contributed by atoms with Crippen molar-refractivity contribution in [3.8, 4) is 0 Å². The van der Waals surface area contributed by atoms with Crippen LogP contribution in [0.3, 0.4) is 0 Å². The van der Waals surface area contributed by atoms with Gasteiger partial charge < -0.3 is 10.6 Å². The number of likely N-dealkylation sites (tertiary alicyclic amines) is 1. The molecule has 3 rings (SSSR count). The van der Waals surface area contributed by atoms with Crippen LogP contribution in [0.25, 0.3) is 0 Å². The predicted octanol–water partition coefficient (Wildman–Crippen LogP) is 3.72. The van der Waals surface area contributed by atoms with E-state index < -0.39 is 0 Å². The minimum absolute atomic E-state index is 0. The lowest BCUT2D eigenvalue weighted by Gasteiger charge is -2.41. The topological polar surface area (TPSA) is 46.3 Å². The molecule has 1 aliphatic heterocycles. The molecule has 1 heterocycles. The van der Waals surface area contributed by atoms with Crippen LogP contribution in [0.15, 0.2) is 30.3 Å². The van der Waals surface area contributed by atoms with Gasteiger partial charge in [-0.2, -0.15) is 0 Å². The molecule has 0 radical (unpaired) electrons. The summed E-state index contributed by atoms with van der Waals surface area (Å²) in [5.74, 6) is 0.923.